The van der Waals surface area contributed by atoms with Crippen LogP contribution < -0.4 is 5.32 Å². The lowest BCUT2D eigenvalue weighted by atomic mass is 10.1. The molecular weight excluding hydrogens is 218 g/mol. The van der Waals surface area contributed by atoms with Gasteiger partial charge in [0.2, 0.25) is 11.8 Å². The molecule has 1 atom stereocenters. The number of carbonyl (C=O) groups excluding carboxylic acids is 2. The summed E-state index contributed by atoms with van der Waals surface area (Å²) < 4.78 is 0. The van der Waals surface area contributed by atoms with Crippen molar-refractivity contribution in [1.82, 2.24) is 15.1 Å². The molecule has 1 saturated heterocycles. The van der Waals surface area contributed by atoms with Crippen LogP contribution in [-0.2, 0) is 9.59 Å². The summed E-state index contributed by atoms with van der Waals surface area (Å²) >= 11 is 0. The van der Waals surface area contributed by atoms with E-state index in [-0.39, 0.29) is 17.9 Å². The van der Waals surface area contributed by atoms with Gasteiger partial charge in [-0.2, -0.15) is 0 Å². The minimum atomic E-state index is -0.0340. The van der Waals surface area contributed by atoms with E-state index in [2.05, 4.69) is 5.32 Å². The molecule has 1 heterocycles. The number of hydrogen-bond donors (Lipinski definition) is 1. The van der Waals surface area contributed by atoms with Crippen LogP contribution in [0.15, 0.2) is 0 Å². The largest absolute Gasteiger partial charge is 0.349 e. The maximum absolute atomic E-state index is 11.9. The first-order chi connectivity index (χ1) is 8.06. The number of rotatable bonds is 5. The van der Waals surface area contributed by atoms with E-state index in [4.69, 9.17) is 0 Å². The second-order valence-electron chi connectivity index (χ2n) is 4.63. The van der Waals surface area contributed by atoms with Crippen LogP contribution >= 0.6 is 0 Å². The Morgan fingerprint density at radius 2 is 2.24 bits per heavy atom. The molecule has 0 bridgehead atoms. The highest BCUT2D eigenvalue weighted by Gasteiger charge is 2.26. The maximum Gasteiger partial charge on any atom is 0.239 e. The molecule has 17 heavy (non-hydrogen) atoms. The van der Waals surface area contributed by atoms with E-state index in [1.807, 2.05) is 11.8 Å². The lowest BCUT2D eigenvalue weighted by Crippen LogP contribution is -2.54. The SMILES string of the molecule is CCC1NCCN(CCCC(=O)N(C)C)C1=O. The van der Waals surface area contributed by atoms with Crippen molar-refractivity contribution in [1.29, 1.82) is 0 Å². The average Bonchev–Trinajstić information content (AvgIpc) is 2.31. The van der Waals surface area contributed by atoms with E-state index in [1.54, 1.807) is 19.0 Å². The molecule has 0 aliphatic carbocycles. The van der Waals surface area contributed by atoms with Crippen molar-refractivity contribution in [2.24, 2.45) is 0 Å². The number of piperazine rings is 1. The summed E-state index contributed by atoms with van der Waals surface area (Å²) in [4.78, 5) is 26.8. The Hall–Kier alpha value is -1.10. The van der Waals surface area contributed by atoms with Gasteiger partial charge in [-0.05, 0) is 12.8 Å². The van der Waals surface area contributed by atoms with Gasteiger partial charge < -0.3 is 15.1 Å². The smallest absolute Gasteiger partial charge is 0.239 e. The second-order valence-corrected chi connectivity index (χ2v) is 4.63. The predicted octanol–water partition coefficient (Wildman–Crippen LogP) is 0.0652. The molecular formula is C12H23N3O2. The zero-order chi connectivity index (χ0) is 12.8. The Labute approximate surface area is 103 Å². The van der Waals surface area contributed by atoms with Gasteiger partial charge in [0, 0.05) is 40.2 Å². The molecule has 0 saturated carbocycles. The van der Waals surface area contributed by atoms with E-state index in [9.17, 15) is 9.59 Å². The van der Waals surface area contributed by atoms with Gasteiger partial charge in [0.05, 0.1) is 6.04 Å². The van der Waals surface area contributed by atoms with Crippen molar-refractivity contribution in [2.75, 3.05) is 33.7 Å². The first-order valence-corrected chi connectivity index (χ1v) is 6.28. The lowest BCUT2D eigenvalue weighted by Gasteiger charge is -2.32. The predicted molar refractivity (Wildman–Crippen MR) is 66.6 cm³/mol. The molecule has 98 valence electrons. The van der Waals surface area contributed by atoms with Crippen LogP contribution in [0.3, 0.4) is 0 Å². The molecule has 2 amide bonds. The highest BCUT2D eigenvalue weighted by atomic mass is 16.2. The Morgan fingerprint density at radius 3 is 2.82 bits per heavy atom. The standard InChI is InChI=1S/C12H23N3O2/c1-4-10-12(17)15(9-7-13-10)8-5-6-11(16)14(2)3/h10,13H,4-9H2,1-3H3. The van der Waals surface area contributed by atoms with Crippen molar-refractivity contribution < 1.29 is 9.59 Å². The molecule has 1 rings (SSSR count). The van der Waals surface area contributed by atoms with Gasteiger partial charge in [0.25, 0.3) is 0 Å². The van der Waals surface area contributed by atoms with Gasteiger partial charge >= 0.3 is 0 Å². The fraction of sp³-hybridized carbons (Fsp3) is 0.833. The Bertz CT molecular complexity index is 279. The van der Waals surface area contributed by atoms with Crippen LogP contribution in [-0.4, -0.2) is 61.4 Å². The van der Waals surface area contributed by atoms with Gasteiger partial charge in [-0.3, -0.25) is 9.59 Å². The van der Waals surface area contributed by atoms with Crippen LogP contribution in [0.2, 0.25) is 0 Å². The van der Waals surface area contributed by atoms with Crippen molar-refractivity contribution in [2.45, 2.75) is 32.2 Å². The Kier molecular flexibility index (Phi) is 5.41. The molecule has 5 heteroatoms. The van der Waals surface area contributed by atoms with E-state index in [1.165, 1.54) is 0 Å². The number of carbonyl (C=O) groups is 2. The fourth-order valence-corrected chi connectivity index (χ4v) is 1.98. The molecule has 1 N–H and O–H groups in total. The summed E-state index contributed by atoms with van der Waals surface area (Å²) in [5.41, 5.74) is 0. The van der Waals surface area contributed by atoms with Gasteiger partial charge in [0.15, 0.2) is 0 Å². The first kappa shape index (κ1) is 14.0. The minimum absolute atomic E-state index is 0.0340. The lowest BCUT2D eigenvalue weighted by molar-refractivity contribution is -0.136. The molecule has 0 radical (unpaired) electrons. The highest BCUT2D eigenvalue weighted by molar-refractivity contribution is 5.82. The van der Waals surface area contributed by atoms with Crippen LogP contribution in [0.25, 0.3) is 0 Å². The normalized spacial score (nSPS) is 20.5. The quantitative estimate of drug-likeness (QED) is 0.741. The molecule has 0 aromatic heterocycles. The van der Waals surface area contributed by atoms with E-state index in [0.29, 0.717) is 13.0 Å². The molecule has 1 fully saturated rings. The van der Waals surface area contributed by atoms with Crippen LogP contribution in [0.4, 0.5) is 0 Å². The summed E-state index contributed by atoms with van der Waals surface area (Å²) in [5, 5.41) is 3.20. The first-order valence-electron chi connectivity index (χ1n) is 6.28. The summed E-state index contributed by atoms with van der Waals surface area (Å²) in [7, 11) is 3.51. The molecule has 0 aromatic carbocycles. The Morgan fingerprint density at radius 1 is 1.53 bits per heavy atom. The number of nitrogens with zero attached hydrogens (tertiary/aromatic N) is 2. The topological polar surface area (TPSA) is 52.7 Å². The number of nitrogens with one attached hydrogen (secondary N) is 1. The van der Waals surface area contributed by atoms with Crippen molar-refractivity contribution >= 4 is 11.8 Å². The van der Waals surface area contributed by atoms with E-state index >= 15 is 0 Å². The van der Waals surface area contributed by atoms with Gasteiger partial charge in [-0.25, -0.2) is 0 Å². The van der Waals surface area contributed by atoms with Gasteiger partial charge in [-0.15, -0.1) is 0 Å². The molecule has 1 aliphatic rings. The maximum atomic E-state index is 11.9. The van der Waals surface area contributed by atoms with Crippen molar-refractivity contribution in [3.05, 3.63) is 0 Å². The van der Waals surface area contributed by atoms with Gasteiger partial charge in [0.1, 0.15) is 0 Å². The third-order valence-electron chi connectivity index (χ3n) is 3.11. The number of amides is 2. The monoisotopic (exact) mass is 241 g/mol. The summed E-state index contributed by atoms with van der Waals surface area (Å²) in [6, 6.07) is -0.0340. The second kappa shape index (κ2) is 6.59. The van der Waals surface area contributed by atoms with E-state index < -0.39 is 0 Å². The third kappa shape index (κ3) is 4.00. The third-order valence-corrected chi connectivity index (χ3v) is 3.11. The van der Waals surface area contributed by atoms with Crippen LogP contribution in [0.5, 0.6) is 0 Å². The van der Waals surface area contributed by atoms with Crippen LogP contribution in [0, 0.1) is 0 Å². The summed E-state index contributed by atoms with van der Waals surface area (Å²) in [6.07, 6.45) is 2.09. The van der Waals surface area contributed by atoms with Crippen molar-refractivity contribution in [3.63, 3.8) is 0 Å². The Balaban J connectivity index is 2.31. The van der Waals surface area contributed by atoms with Crippen molar-refractivity contribution in [3.8, 4) is 0 Å². The fourth-order valence-electron chi connectivity index (χ4n) is 1.98. The molecule has 5 nitrogen and oxygen atoms in total. The zero-order valence-electron chi connectivity index (χ0n) is 11.0. The van der Waals surface area contributed by atoms with E-state index in [0.717, 1.165) is 25.9 Å². The average molecular weight is 241 g/mol. The summed E-state index contributed by atoms with van der Waals surface area (Å²) in [5.74, 6) is 0.302. The minimum Gasteiger partial charge on any atom is -0.349 e. The number of hydrogen-bond acceptors (Lipinski definition) is 3. The molecule has 0 spiro atoms. The molecule has 0 aromatic rings. The van der Waals surface area contributed by atoms with Gasteiger partial charge in [-0.1, -0.05) is 6.92 Å². The zero-order valence-corrected chi connectivity index (χ0v) is 11.0. The highest BCUT2D eigenvalue weighted by Crippen LogP contribution is 2.06. The molecule has 1 aliphatic heterocycles. The summed E-state index contributed by atoms with van der Waals surface area (Å²) in [6.45, 7) is 4.31. The van der Waals surface area contributed by atoms with Crippen LogP contribution in [0.1, 0.15) is 26.2 Å². The molecule has 1 unspecified atom stereocenters.